The van der Waals surface area contributed by atoms with Crippen LogP contribution in [0, 0.1) is 0 Å². The third-order valence-corrected chi connectivity index (χ3v) is 1.31. The summed E-state index contributed by atoms with van der Waals surface area (Å²) in [6.45, 7) is -0.0959. The molecule has 5 heteroatoms. The Hall–Kier alpha value is -1.49. The molecule has 13 heavy (non-hydrogen) atoms. The van der Waals surface area contributed by atoms with E-state index < -0.39 is 12.3 Å². The van der Waals surface area contributed by atoms with Gasteiger partial charge in [0.2, 0.25) is 0 Å². The van der Waals surface area contributed by atoms with Gasteiger partial charge in [-0.2, -0.15) is 0 Å². The molecule has 0 aliphatic rings. The molecule has 0 aromatic carbocycles. The Labute approximate surface area is 74.0 Å². The second-order valence-corrected chi connectivity index (χ2v) is 2.33. The van der Waals surface area contributed by atoms with Gasteiger partial charge in [-0.25, -0.2) is 9.18 Å². The number of aliphatic carboxylic acids is 1. The molecule has 0 fully saturated rings. The van der Waals surface area contributed by atoms with E-state index >= 15 is 0 Å². The zero-order chi connectivity index (χ0) is 9.68. The summed E-state index contributed by atoms with van der Waals surface area (Å²) in [6.07, 6.45) is 0.766. The minimum Gasteiger partial charge on any atom is -0.477 e. The summed E-state index contributed by atoms with van der Waals surface area (Å²) in [5.41, 5.74) is 0.631. The van der Waals surface area contributed by atoms with Gasteiger partial charge in [0.25, 0.3) is 6.36 Å². The molecule has 0 saturated carbocycles. The van der Waals surface area contributed by atoms with Crippen molar-refractivity contribution in [3.05, 3.63) is 30.1 Å². The molecule has 1 atom stereocenters. The van der Waals surface area contributed by atoms with Crippen molar-refractivity contribution in [3.8, 4) is 0 Å². The van der Waals surface area contributed by atoms with Crippen LogP contribution in [0.2, 0.25) is 0 Å². The van der Waals surface area contributed by atoms with Gasteiger partial charge in [-0.05, 0) is 11.6 Å². The summed E-state index contributed by atoms with van der Waals surface area (Å²) in [5, 5.41) is 8.14. The minimum atomic E-state index is -2.28. The van der Waals surface area contributed by atoms with E-state index in [4.69, 9.17) is 5.11 Å². The highest BCUT2D eigenvalue weighted by Crippen LogP contribution is 2.02. The van der Waals surface area contributed by atoms with Crippen LogP contribution in [0.15, 0.2) is 24.5 Å². The van der Waals surface area contributed by atoms with Crippen molar-refractivity contribution in [1.29, 1.82) is 0 Å². The first kappa shape index (κ1) is 9.60. The van der Waals surface area contributed by atoms with Gasteiger partial charge in [0.15, 0.2) is 0 Å². The quantitative estimate of drug-likeness (QED) is 0.759. The van der Waals surface area contributed by atoms with E-state index in [1.807, 2.05) is 0 Å². The molecule has 1 heterocycles. The van der Waals surface area contributed by atoms with Crippen LogP contribution in [0.5, 0.6) is 0 Å². The standard InChI is InChI=1S/C8H8FNO3/c9-7(8(11)12)13-5-6-2-1-3-10-4-6/h1-4,7H,5H2,(H,11,12). The SMILES string of the molecule is O=C(O)C(F)OCc1cccnc1. The van der Waals surface area contributed by atoms with Gasteiger partial charge in [-0.15, -0.1) is 0 Å². The van der Waals surface area contributed by atoms with Gasteiger partial charge in [-0.1, -0.05) is 6.07 Å². The predicted molar refractivity (Wildman–Crippen MR) is 41.6 cm³/mol. The number of carbonyl (C=O) groups is 1. The van der Waals surface area contributed by atoms with Crippen molar-refractivity contribution in [2.45, 2.75) is 13.0 Å². The molecule has 70 valence electrons. The summed E-state index contributed by atoms with van der Waals surface area (Å²) in [6, 6.07) is 3.33. The van der Waals surface area contributed by atoms with E-state index in [2.05, 4.69) is 9.72 Å². The van der Waals surface area contributed by atoms with E-state index in [1.54, 1.807) is 18.3 Å². The maximum absolute atomic E-state index is 12.4. The lowest BCUT2D eigenvalue weighted by atomic mass is 10.3. The number of hydrogen-bond donors (Lipinski definition) is 1. The summed E-state index contributed by atoms with van der Waals surface area (Å²) in [4.78, 5) is 13.8. The first-order valence-corrected chi connectivity index (χ1v) is 3.57. The molecule has 0 spiro atoms. The van der Waals surface area contributed by atoms with E-state index in [9.17, 15) is 9.18 Å². The van der Waals surface area contributed by atoms with Crippen molar-refractivity contribution >= 4 is 5.97 Å². The lowest BCUT2D eigenvalue weighted by Crippen LogP contribution is -2.18. The number of pyridine rings is 1. The van der Waals surface area contributed by atoms with Crippen molar-refractivity contribution < 1.29 is 19.0 Å². The topological polar surface area (TPSA) is 59.4 Å². The van der Waals surface area contributed by atoms with Crippen LogP contribution in [0.25, 0.3) is 0 Å². The normalized spacial score (nSPS) is 12.4. The van der Waals surface area contributed by atoms with Crippen molar-refractivity contribution in [2.75, 3.05) is 0 Å². The van der Waals surface area contributed by atoms with Gasteiger partial charge < -0.3 is 9.84 Å². The zero-order valence-electron chi connectivity index (χ0n) is 6.68. The first-order valence-electron chi connectivity index (χ1n) is 3.57. The molecule has 0 amide bonds. The molecular formula is C8H8FNO3. The highest BCUT2D eigenvalue weighted by atomic mass is 19.1. The summed E-state index contributed by atoms with van der Waals surface area (Å²) in [5.74, 6) is -1.62. The summed E-state index contributed by atoms with van der Waals surface area (Å²) < 4.78 is 16.8. The molecule has 1 aromatic heterocycles. The van der Waals surface area contributed by atoms with Crippen molar-refractivity contribution in [3.63, 3.8) is 0 Å². The van der Waals surface area contributed by atoms with Gasteiger partial charge in [-0.3, -0.25) is 4.98 Å². The summed E-state index contributed by atoms with van der Waals surface area (Å²) >= 11 is 0. The van der Waals surface area contributed by atoms with Gasteiger partial charge >= 0.3 is 5.97 Å². The average Bonchev–Trinajstić information content (AvgIpc) is 2.15. The van der Waals surface area contributed by atoms with Gasteiger partial charge in [0, 0.05) is 12.4 Å². The van der Waals surface area contributed by atoms with E-state index in [0.29, 0.717) is 5.56 Å². The molecule has 1 N–H and O–H groups in total. The van der Waals surface area contributed by atoms with Crippen molar-refractivity contribution in [2.24, 2.45) is 0 Å². The monoisotopic (exact) mass is 185 g/mol. The second-order valence-electron chi connectivity index (χ2n) is 2.33. The maximum atomic E-state index is 12.4. The highest BCUT2D eigenvalue weighted by molar-refractivity contribution is 5.70. The molecule has 0 radical (unpaired) electrons. The van der Waals surface area contributed by atoms with Crippen LogP contribution in [0.1, 0.15) is 5.56 Å². The fraction of sp³-hybridized carbons (Fsp3) is 0.250. The number of carboxylic acids is 1. The molecule has 0 saturated heterocycles. The Kier molecular flexibility index (Phi) is 3.33. The maximum Gasteiger partial charge on any atom is 0.366 e. The first-order chi connectivity index (χ1) is 6.20. The Bertz CT molecular complexity index is 278. The molecule has 4 nitrogen and oxygen atoms in total. The molecule has 0 aliphatic heterocycles. The number of ether oxygens (including phenoxy) is 1. The Balaban J connectivity index is 2.39. The number of aromatic nitrogens is 1. The number of nitrogens with zero attached hydrogens (tertiary/aromatic N) is 1. The molecule has 0 bridgehead atoms. The molecule has 1 rings (SSSR count). The lowest BCUT2D eigenvalue weighted by Gasteiger charge is -2.04. The Morgan fingerprint density at radius 2 is 2.54 bits per heavy atom. The van der Waals surface area contributed by atoms with Crippen LogP contribution >= 0.6 is 0 Å². The number of carboxylic acid groups (broad SMARTS) is 1. The molecule has 1 aromatic rings. The fourth-order valence-electron chi connectivity index (χ4n) is 0.724. The minimum absolute atomic E-state index is 0.0959. The predicted octanol–water partition coefficient (Wildman–Crippen LogP) is 0.978. The van der Waals surface area contributed by atoms with E-state index in [-0.39, 0.29) is 6.61 Å². The van der Waals surface area contributed by atoms with E-state index in [1.165, 1.54) is 6.20 Å². The number of hydrogen-bond acceptors (Lipinski definition) is 3. The molecule has 0 aliphatic carbocycles. The Morgan fingerprint density at radius 1 is 1.77 bits per heavy atom. The molecule has 1 unspecified atom stereocenters. The smallest absolute Gasteiger partial charge is 0.366 e. The highest BCUT2D eigenvalue weighted by Gasteiger charge is 2.15. The van der Waals surface area contributed by atoms with Gasteiger partial charge in [0.1, 0.15) is 0 Å². The molecular weight excluding hydrogens is 177 g/mol. The largest absolute Gasteiger partial charge is 0.477 e. The van der Waals surface area contributed by atoms with Crippen LogP contribution < -0.4 is 0 Å². The van der Waals surface area contributed by atoms with Gasteiger partial charge in [0.05, 0.1) is 6.61 Å². The summed E-state index contributed by atoms with van der Waals surface area (Å²) in [7, 11) is 0. The third kappa shape index (κ3) is 3.16. The van der Waals surface area contributed by atoms with Crippen LogP contribution in [0.4, 0.5) is 4.39 Å². The number of rotatable bonds is 4. The van der Waals surface area contributed by atoms with E-state index in [0.717, 1.165) is 0 Å². The van der Waals surface area contributed by atoms with Crippen LogP contribution in [-0.2, 0) is 16.1 Å². The van der Waals surface area contributed by atoms with Crippen molar-refractivity contribution in [1.82, 2.24) is 4.98 Å². The number of halogens is 1. The second kappa shape index (κ2) is 4.51. The Morgan fingerprint density at radius 3 is 3.08 bits per heavy atom. The number of alkyl halides is 1. The average molecular weight is 185 g/mol. The fourth-order valence-corrected chi connectivity index (χ4v) is 0.724. The van der Waals surface area contributed by atoms with Crippen LogP contribution in [0.3, 0.4) is 0 Å². The zero-order valence-corrected chi connectivity index (χ0v) is 6.68. The van der Waals surface area contributed by atoms with Crippen LogP contribution in [-0.4, -0.2) is 22.4 Å². The third-order valence-electron chi connectivity index (χ3n) is 1.31. The lowest BCUT2D eigenvalue weighted by molar-refractivity contribution is -0.164.